The first kappa shape index (κ1) is 20.5. The lowest BCUT2D eigenvalue weighted by atomic mass is 10.2. The van der Waals surface area contributed by atoms with Crippen LogP contribution in [0.25, 0.3) is 0 Å². The molecule has 0 atom stereocenters. The second kappa shape index (κ2) is 9.76. The second-order valence-electron chi connectivity index (χ2n) is 5.31. The molecule has 0 spiro atoms. The van der Waals surface area contributed by atoms with Gasteiger partial charge >= 0.3 is 5.97 Å². The van der Waals surface area contributed by atoms with E-state index in [1.807, 2.05) is 0 Å². The van der Waals surface area contributed by atoms with Crippen LogP contribution in [0.1, 0.15) is 0 Å². The Bertz CT molecular complexity index is 851. The first-order valence-electron chi connectivity index (χ1n) is 7.97. The summed E-state index contributed by atoms with van der Waals surface area (Å²) >= 11 is 0. The van der Waals surface area contributed by atoms with E-state index in [4.69, 9.17) is 18.9 Å². The van der Waals surface area contributed by atoms with E-state index < -0.39 is 23.4 Å². The van der Waals surface area contributed by atoms with E-state index >= 15 is 0 Å². The first-order valence-corrected chi connectivity index (χ1v) is 7.97. The number of carbonyl (C=O) groups is 2. The van der Waals surface area contributed by atoms with Crippen LogP contribution in [0.15, 0.2) is 42.5 Å². The van der Waals surface area contributed by atoms with Gasteiger partial charge in [-0.2, -0.15) is 0 Å². The van der Waals surface area contributed by atoms with Gasteiger partial charge in [0.15, 0.2) is 13.2 Å². The minimum atomic E-state index is -0.735. The highest BCUT2D eigenvalue weighted by Crippen LogP contribution is 2.28. The SMILES string of the molecule is COc1ccc(OCC(=O)OCC(=O)Nc2ccc([N+](=O)[O-])cc2OC)cc1. The van der Waals surface area contributed by atoms with Gasteiger partial charge in [-0.1, -0.05) is 0 Å². The van der Waals surface area contributed by atoms with Gasteiger partial charge in [-0.15, -0.1) is 0 Å². The van der Waals surface area contributed by atoms with E-state index in [9.17, 15) is 19.7 Å². The zero-order valence-electron chi connectivity index (χ0n) is 15.2. The third kappa shape index (κ3) is 5.87. The number of non-ortho nitro benzene ring substituents is 1. The highest BCUT2D eigenvalue weighted by atomic mass is 16.6. The maximum atomic E-state index is 11.9. The number of carbonyl (C=O) groups excluding carboxylic acids is 2. The monoisotopic (exact) mass is 390 g/mol. The van der Waals surface area contributed by atoms with Gasteiger partial charge in [-0.3, -0.25) is 14.9 Å². The maximum absolute atomic E-state index is 11.9. The normalized spacial score (nSPS) is 9.93. The number of amides is 1. The fraction of sp³-hybridized carbons (Fsp3) is 0.222. The standard InChI is InChI=1S/C18H18N2O8/c1-25-13-4-6-14(7-5-13)27-11-18(22)28-10-17(21)19-15-8-3-12(20(23)24)9-16(15)26-2/h3-9H,10-11H2,1-2H3,(H,19,21). The lowest BCUT2D eigenvalue weighted by Gasteiger charge is -2.10. The number of esters is 1. The topological polar surface area (TPSA) is 126 Å². The van der Waals surface area contributed by atoms with Crippen molar-refractivity contribution in [2.75, 3.05) is 32.8 Å². The molecule has 0 radical (unpaired) electrons. The summed E-state index contributed by atoms with van der Waals surface area (Å²) in [4.78, 5) is 33.8. The van der Waals surface area contributed by atoms with E-state index in [1.165, 1.54) is 32.4 Å². The summed E-state index contributed by atoms with van der Waals surface area (Å²) in [6, 6.07) is 10.3. The average Bonchev–Trinajstić information content (AvgIpc) is 2.71. The Morgan fingerprint density at radius 3 is 2.29 bits per heavy atom. The highest BCUT2D eigenvalue weighted by molar-refractivity contribution is 5.94. The van der Waals surface area contributed by atoms with Crippen molar-refractivity contribution in [3.05, 3.63) is 52.6 Å². The van der Waals surface area contributed by atoms with Gasteiger partial charge < -0.3 is 24.3 Å². The quantitative estimate of drug-likeness (QED) is 0.392. The van der Waals surface area contributed by atoms with Crippen molar-refractivity contribution in [1.82, 2.24) is 0 Å². The summed E-state index contributed by atoms with van der Waals surface area (Å²) in [7, 11) is 2.84. The van der Waals surface area contributed by atoms with E-state index in [0.29, 0.717) is 11.5 Å². The Labute approximate surface area is 160 Å². The Hall–Kier alpha value is -3.82. The summed E-state index contributed by atoms with van der Waals surface area (Å²) < 4.78 is 20.1. The van der Waals surface area contributed by atoms with Gasteiger partial charge in [0.25, 0.3) is 11.6 Å². The molecule has 1 N–H and O–H groups in total. The zero-order valence-corrected chi connectivity index (χ0v) is 15.2. The number of nitrogens with one attached hydrogen (secondary N) is 1. The molecule has 28 heavy (non-hydrogen) atoms. The molecule has 148 valence electrons. The van der Waals surface area contributed by atoms with Crippen LogP contribution >= 0.6 is 0 Å². The number of nitro groups is 1. The van der Waals surface area contributed by atoms with Crippen LogP contribution in [0.2, 0.25) is 0 Å². The van der Waals surface area contributed by atoms with Crippen molar-refractivity contribution in [2.24, 2.45) is 0 Å². The number of methoxy groups -OCH3 is 2. The Morgan fingerprint density at radius 1 is 1.00 bits per heavy atom. The molecule has 0 saturated carbocycles. The smallest absolute Gasteiger partial charge is 0.344 e. The van der Waals surface area contributed by atoms with Crippen molar-refractivity contribution in [1.29, 1.82) is 0 Å². The number of hydrogen-bond donors (Lipinski definition) is 1. The molecule has 2 aromatic rings. The molecule has 0 aliphatic heterocycles. The number of nitrogens with zero attached hydrogens (tertiary/aromatic N) is 1. The molecule has 0 bridgehead atoms. The molecule has 10 nitrogen and oxygen atoms in total. The molecular weight excluding hydrogens is 372 g/mol. The minimum absolute atomic E-state index is 0.108. The largest absolute Gasteiger partial charge is 0.497 e. The molecule has 0 aliphatic carbocycles. The molecule has 0 aliphatic rings. The second-order valence-corrected chi connectivity index (χ2v) is 5.31. The number of hydrogen-bond acceptors (Lipinski definition) is 8. The predicted octanol–water partition coefficient (Wildman–Crippen LogP) is 2.17. The number of nitro benzene ring substituents is 1. The van der Waals surface area contributed by atoms with Gasteiger partial charge in [0, 0.05) is 6.07 Å². The lowest BCUT2D eigenvalue weighted by Crippen LogP contribution is -2.23. The van der Waals surface area contributed by atoms with E-state index in [2.05, 4.69) is 5.32 Å². The lowest BCUT2D eigenvalue weighted by molar-refractivity contribution is -0.384. The van der Waals surface area contributed by atoms with E-state index in [-0.39, 0.29) is 23.7 Å². The Morgan fingerprint density at radius 2 is 1.68 bits per heavy atom. The molecule has 2 rings (SSSR count). The van der Waals surface area contributed by atoms with Crippen molar-refractivity contribution >= 4 is 23.3 Å². The molecule has 10 heteroatoms. The van der Waals surface area contributed by atoms with Crippen LogP contribution in [0.4, 0.5) is 11.4 Å². The van der Waals surface area contributed by atoms with Gasteiger partial charge in [-0.05, 0) is 30.3 Å². The fourth-order valence-corrected chi connectivity index (χ4v) is 2.08. The van der Waals surface area contributed by atoms with Gasteiger partial charge in [0.1, 0.15) is 17.2 Å². The number of benzene rings is 2. The van der Waals surface area contributed by atoms with Gasteiger partial charge in [-0.25, -0.2) is 4.79 Å². The van der Waals surface area contributed by atoms with E-state index in [0.717, 1.165) is 0 Å². The Kier molecular flexibility index (Phi) is 7.14. The third-order valence-corrected chi connectivity index (χ3v) is 3.45. The van der Waals surface area contributed by atoms with Crippen molar-refractivity contribution in [2.45, 2.75) is 0 Å². The summed E-state index contributed by atoms with van der Waals surface area (Å²) in [5.74, 6) is -0.172. The van der Waals surface area contributed by atoms with Gasteiger partial charge in [0.2, 0.25) is 0 Å². The van der Waals surface area contributed by atoms with Crippen molar-refractivity contribution in [3.8, 4) is 17.2 Å². The summed E-state index contributed by atoms with van der Waals surface area (Å²) in [6.45, 7) is -0.925. The average molecular weight is 390 g/mol. The number of anilines is 1. The zero-order chi connectivity index (χ0) is 20.5. The summed E-state index contributed by atoms with van der Waals surface area (Å²) in [5.41, 5.74) is 0.0283. The predicted molar refractivity (Wildman–Crippen MR) is 97.7 cm³/mol. The third-order valence-electron chi connectivity index (χ3n) is 3.45. The first-order chi connectivity index (χ1) is 13.4. The summed E-state index contributed by atoms with van der Waals surface area (Å²) in [5, 5.41) is 13.2. The Balaban J connectivity index is 1.81. The van der Waals surface area contributed by atoms with Crippen molar-refractivity contribution < 1.29 is 33.5 Å². The highest BCUT2D eigenvalue weighted by Gasteiger charge is 2.14. The number of ether oxygens (including phenoxy) is 4. The molecule has 0 fully saturated rings. The van der Waals surface area contributed by atoms with Crippen LogP contribution in [-0.2, 0) is 14.3 Å². The van der Waals surface area contributed by atoms with Gasteiger partial charge in [0.05, 0.1) is 30.9 Å². The molecule has 0 unspecified atom stereocenters. The molecule has 1 amide bonds. The van der Waals surface area contributed by atoms with E-state index in [1.54, 1.807) is 24.3 Å². The fourth-order valence-electron chi connectivity index (χ4n) is 2.08. The molecular formula is C18H18N2O8. The minimum Gasteiger partial charge on any atom is -0.497 e. The van der Waals surface area contributed by atoms with Crippen LogP contribution in [0.5, 0.6) is 17.2 Å². The number of rotatable bonds is 9. The molecule has 2 aromatic carbocycles. The van der Waals surface area contributed by atoms with Crippen LogP contribution in [-0.4, -0.2) is 44.2 Å². The van der Waals surface area contributed by atoms with Crippen LogP contribution in [0, 0.1) is 10.1 Å². The molecule has 0 aromatic heterocycles. The summed E-state index contributed by atoms with van der Waals surface area (Å²) in [6.07, 6.45) is 0. The van der Waals surface area contributed by atoms with Crippen LogP contribution in [0.3, 0.4) is 0 Å². The molecule has 0 saturated heterocycles. The van der Waals surface area contributed by atoms with Crippen molar-refractivity contribution in [3.63, 3.8) is 0 Å². The maximum Gasteiger partial charge on any atom is 0.344 e. The van der Waals surface area contributed by atoms with Crippen LogP contribution < -0.4 is 19.5 Å². The molecule has 0 heterocycles.